The van der Waals surface area contributed by atoms with Gasteiger partial charge in [0.15, 0.2) is 5.78 Å². The molecule has 14 heteroatoms. The molecule has 2 fully saturated rings. The number of rotatable bonds is 14. The summed E-state index contributed by atoms with van der Waals surface area (Å²) < 4.78 is 9.66. The van der Waals surface area contributed by atoms with Crippen LogP contribution in [-0.2, 0) is 36.8 Å². The number of methoxy groups -OCH3 is 1. The van der Waals surface area contributed by atoms with Crippen molar-refractivity contribution >= 4 is 60.3 Å². The van der Waals surface area contributed by atoms with Crippen molar-refractivity contribution in [1.29, 1.82) is 0 Å². The Labute approximate surface area is 381 Å². The van der Waals surface area contributed by atoms with E-state index in [4.69, 9.17) is 9.53 Å². The summed E-state index contributed by atoms with van der Waals surface area (Å²) in [7, 11) is 7.47. The second-order valence-corrected chi connectivity index (χ2v) is 16.5. The molecule has 3 aromatic rings. The summed E-state index contributed by atoms with van der Waals surface area (Å²) in [5.74, 6) is 1.39. The molecule has 2 unspecified atom stereocenters. The molecule has 0 aromatic heterocycles. The number of ether oxygens (including phenoxy) is 2. The summed E-state index contributed by atoms with van der Waals surface area (Å²) in [5.41, 5.74) is 9.61. The number of primary amides is 1. The van der Waals surface area contributed by atoms with E-state index in [-0.39, 0.29) is 24.1 Å². The number of allylic oxidation sites excluding steroid dienone is 1. The zero-order chi connectivity index (χ0) is 45.8. The minimum atomic E-state index is -0.00206. The average Bonchev–Trinajstić information content (AvgIpc) is 3.65. The fourth-order valence-corrected chi connectivity index (χ4v) is 7.57. The molecule has 3 aromatic carbocycles. The van der Waals surface area contributed by atoms with Crippen LogP contribution in [0.2, 0.25) is 0 Å². The van der Waals surface area contributed by atoms with Gasteiger partial charge in [-0.05, 0) is 159 Å². The van der Waals surface area contributed by atoms with Gasteiger partial charge in [0, 0.05) is 23.9 Å². The van der Waals surface area contributed by atoms with Crippen LogP contribution < -0.4 is 21.1 Å². The number of carbonyl (C=O) groups excluding carboxylic acids is 4. The Kier molecular flexibility index (Phi) is 33.4. The summed E-state index contributed by atoms with van der Waals surface area (Å²) in [6, 6.07) is 21.7. The number of likely N-dealkylation sites (tertiary alicyclic amines) is 2. The normalized spacial score (nSPS) is 15.1. The minimum Gasteiger partial charge on any atom is -0.508 e. The van der Waals surface area contributed by atoms with Gasteiger partial charge in [-0.3, -0.25) is 24.1 Å². The fraction of sp³-hybridized carbons (Fsp3) is 0.447. The van der Waals surface area contributed by atoms with Crippen molar-refractivity contribution in [2.75, 3.05) is 59.3 Å². The number of carbonyl (C=O) groups is 4. The van der Waals surface area contributed by atoms with Crippen LogP contribution in [0.25, 0.3) is 0 Å². The highest BCUT2D eigenvalue weighted by Crippen LogP contribution is 2.31. The number of aromatic hydroxyl groups is 1. The lowest BCUT2D eigenvalue weighted by Gasteiger charge is -2.20. The molecule has 336 valence electrons. The molecule has 0 saturated carbocycles. The zero-order valence-corrected chi connectivity index (χ0v) is 39.8. The van der Waals surface area contributed by atoms with E-state index in [2.05, 4.69) is 78.2 Å². The predicted molar refractivity (Wildman–Crippen MR) is 260 cm³/mol. The highest BCUT2D eigenvalue weighted by atomic mass is 127. The number of likely N-dealkylation sites (N-methyl/N-ethyl adjacent to an activating group) is 1. The molecule has 0 bridgehead atoms. The molecule has 2 aliphatic heterocycles. The van der Waals surface area contributed by atoms with Crippen LogP contribution in [0.5, 0.6) is 11.5 Å². The number of aryl methyl sites for hydroxylation is 4. The number of phenolic OH excluding ortho intramolecular Hbond substituents is 1. The molecule has 12 nitrogen and oxygen atoms in total. The lowest BCUT2D eigenvalue weighted by molar-refractivity contribution is -0.120. The SMILES string of the molecule is C#COC.C=CC(=O)CC.CN1CCCCC1.Cc1cc(CCCc2cccc(OCCNC=O)c2)ccc1O.Cc1cccc(NC(=O)C2CC(SI)CN2C)c1.NC=O. The Morgan fingerprint density at radius 2 is 1.67 bits per heavy atom. The van der Waals surface area contributed by atoms with Gasteiger partial charge >= 0.3 is 0 Å². The van der Waals surface area contributed by atoms with Gasteiger partial charge in [0.05, 0.1) is 19.7 Å². The fourth-order valence-electron chi connectivity index (χ4n) is 5.92. The number of nitrogens with zero attached hydrogens (tertiary/aromatic N) is 2. The molecule has 2 atom stereocenters. The van der Waals surface area contributed by atoms with E-state index in [9.17, 15) is 19.5 Å². The number of terminal acetylenes is 1. The monoisotopic (exact) mass is 973 g/mol. The van der Waals surface area contributed by atoms with Gasteiger partial charge in [-0.15, -0.1) is 0 Å². The van der Waals surface area contributed by atoms with Gasteiger partial charge in [0.25, 0.3) is 0 Å². The first-order valence-corrected chi connectivity index (χ1v) is 23.7. The molecule has 61 heavy (non-hydrogen) atoms. The zero-order valence-electron chi connectivity index (χ0n) is 36.9. The standard InChI is InChI=1S/C19H23NO3.C13H17IN2OS.C6H13N.C5H8O.C3H4O.CH3NO/c1-15-12-17(8-9-19(15)22)5-2-4-16-6-3-7-18(13-16)23-11-10-20-14-21;1-9-4-3-5-10(6-9)15-13(17)12-7-11(18-14)8-16(12)2;1-7-5-3-2-4-6-7;1-3-5(6)4-2;1-3-4-2;2-1-3/h3,6-9,12-14,22H,2,4-5,10-11H2,1H3,(H,20,21);3-6,11-12H,7-8H2,1-2H3,(H,15,17);2-6H2,1H3;3H,1,4H2,2H3;1H,2H3;1H,(H2,2,3). The van der Waals surface area contributed by atoms with Gasteiger partial charge in [-0.25, -0.2) is 0 Å². The Hall–Kier alpha value is -4.56. The maximum atomic E-state index is 12.2. The number of hydrogen-bond acceptors (Lipinski definition) is 10. The third-order valence-corrected chi connectivity index (χ3v) is 11.9. The van der Waals surface area contributed by atoms with Crippen molar-refractivity contribution in [1.82, 2.24) is 15.1 Å². The van der Waals surface area contributed by atoms with Crippen molar-refractivity contribution in [3.05, 3.63) is 102 Å². The van der Waals surface area contributed by atoms with E-state index < -0.39 is 0 Å². The van der Waals surface area contributed by atoms with Crippen LogP contribution in [0.1, 0.15) is 67.7 Å². The third-order valence-electron chi connectivity index (χ3n) is 9.19. The summed E-state index contributed by atoms with van der Waals surface area (Å²) in [6.45, 7) is 13.6. The molecule has 0 radical (unpaired) electrons. The topological polar surface area (TPSA) is 164 Å². The van der Waals surface area contributed by atoms with E-state index in [1.54, 1.807) is 6.07 Å². The van der Waals surface area contributed by atoms with Gasteiger partial charge < -0.3 is 35.8 Å². The van der Waals surface area contributed by atoms with Crippen LogP contribution in [0.4, 0.5) is 5.69 Å². The molecule has 2 saturated heterocycles. The van der Waals surface area contributed by atoms with Gasteiger partial charge in [0.1, 0.15) is 24.2 Å². The third kappa shape index (κ3) is 27.8. The van der Waals surface area contributed by atoms with Crippen molar-refractivity contribution < 1.29 is 33.8 Å². The van der Waals surface area contributed by atoms with Crippen LogP contribution in [-0.4, -0.2) is 105 Å². The Balaban J connectivity index is 0.000000829. The molecule has 0 spiro atoms. The van der Waals surface area contributed by atoms with Crippen LogP contribution in [0.3, 0.4) is 0 Å². The van der Waals surface area contributed by atoms with E-state index in [0.29, 0.717) is 37.0 Å². The summed E-state index contributed by atoms with van der Waals surface area (Å²) in [6.07, 6.45) is 17.5. The number of hydrogen-bond donors (Lipinski definition) is 4. The summed E-state index contributed by atoms with van der Waals surface area (Å²) in [5, 5.41) is 15.7. The van der Waals surface area contributed by atoms with Crippen molar-refractivity contribution in [2.24, 2.45) is 5.73 Å². The molecule has 0 aliphatic carbocycles. The first-order chi connectivity index (χ1) is 29.3. The van der Waals surface area contributed by atoms with E-state index in [0.717, 1.165) is 54.8 Å². The second kappa shape index (κ2) is 36.1. The van der Waals surface area contributed by atoms with Crippen molar-refractivity contribution in [2.45, 2.75) is 83.4 Å². The van der Waals surface area contributed by atoms with E-state index in [1.165, 1.54) is 56.7 Å². The van der Waals surface area contributed by atoms with E-state index in [1.807, 2.05) is 97.5 Å². The minimum absolute atomic E-state index is 0.00206. The number of amides is 3. The highest BCUT2D eigenvalue weighted by molar-refractivity contribution is 14.2. The van der Waals surface area contributed by atoms with Crippen LogP contribution in [0, 0.1) is 26.4 Å². The lowest BCUT2D eigenvalue weighted by atomic mass is 10.0. The van der Waals surface area contributed by atoms with Crippen LogP contribution in [0.15, 0.2) is 79.4 Å². The Morgan fingerprint density at radius 3 is 2.16 bits per heavy atom. The molecule has 2 heterocycles. The number of piperidine rings is 1. The average molecular weight is 974 g/mol. The number of benzene rings is 3. The summed E-state index contributed by atoms with van der Waals surface area (Å²) >= 11 is 2.32. The molecule has 5 N–H and O–H groups in total. The smallest absolute Gasteiger partial charge is 0.241 e. The van der Waals surface area contributed by atoms with Gasteiger partial charge in [0.2, 0.25) is 18.7 Å². The lowest BCUT2D eigenvalue weighted by Crippen LogP contribution is -2.37. The van der Waals surface area contributed by atoms with Crippen molar-refractivity contribution in [3.63, 3.8) is 0 Å². The number of phenols is 1. The first-order valence-electron chi connectivity index (χ1n) is 20.3. The van der Waals surface area contributed by atoms with Gasteiger partial charge in [-0.1, -0.05) is 71.7 Å². The molecular weight excluding hydrogens is 906 g/mol. The predicted octanol–water partition coefficient (Wildman–Crippen LogP) is 7.67. The van der Waals surface area contributed by atoms with Gasteiger partial charge in [-0.2, -0.15) is 0 Å². The van der Waals surface area contributed by atoms with Crippen LogP contribution >= 0.6 is 30.1 Å². The first kappa shape index (κ1) is 56.4. The highest BCUT2D eigenvalue weighted by Gasteiger charge is 2.34. The molecule has 3 amide bonds. The maximum absolute atomic E-state index is 12.2. The number of ketones is 1. The molecular formula is C47H68IN5O7S. The second-order valence-electron chi connectivity index (χ2n) is 14.1. The Morgan fingerprint density at radius 1 is 1.03 bits per heavy atom. The number of nitrogens with one attached hydrogen (secondary N) is 2. The number of anilines is 1. The molecule has 2 aliphatic rings. The Bertz CT molecular complexity index is 1740. The molecule has 5 rings (SSSR count). The quantitative estimate of drug-likeness (QED) is 0.0415. The largest absolute Gasteiger partial charge is 0.508 e. The van der Waals surface area contributed by atoms with E-state index >= 15 is 0 Å². The maximum Gasteiger partial charge on any atom is 0.241 e. The number of halogens is 1. The van der Waals surface area contributed by atoms with Crippen molar-refractivity contribution in [3.8, 4) is 24.0 Å². The number of nitrogens with two attached hydrogens (primary N) is 1. The summed E-state index contributed by atoms with van der Waals surface area (Å²) in [4.78, 5) is 45.6.